The van der Waals surface area contributed by atoms with Crippen LogP contribution < -0.4 is 10.6 Å². The Balaban J connectivity index is 1.84. The van der Waals surface area contributed by atoms with Crippen LogP contribution in [-0.2, 0) is 0 Å². The van der Waals surface area contributed by atoms with E-state index in [0.717, 1.165) is 33.9 Å². The Hall–Kier alpha value is -0.870. The average Bonchev–Trinajstić information content (AvgIpc) is 2.37. The zero-order chi connectivity index (χ0) is 14.5. The summed E-state index contributed by atoms with van der Waals surface area (Å²) in [5.41, 5.74) is 1.02. The third kappa shape index (κ3) is 4.60. The van der Waals surface area contributed by atoms with Crippen LogP contribution in [-0.4, -0.2) is 12.0 Å². The van der Waals surface area contributed by atoms with Gasteiger partial charge < -0.3 is 10.6 Å². The Morgan fingerprint density at radius 2 is 2.10 bits per heavy atom. The second-order valence-electron chi connectivity index (χ2n) is 5.67. The van der Waals surface area contributed by atoms with E-state index >= 15 is 0 Å². The SMILES string of the molecule is CC(C)CCCC(C)NC1=NSc2ccc(Cl)cc2N1. The van der Waals surface area contributed by atoms with Gasteiger partial charge in [-0.15, -0.1) is 0 Å². The molecule has 1 unspecified atom stereocenters. The van der Waals surface area contributed by atoms with Crippen molar-refractivity contribution < 1.29 is 0 Å². The van der Waals surface area contributed by atoms with Gasteiger partial charge in [0.15, 0.2) is 0 Å². The molecular formula is C15H22ClN3S. The van der Waals surface area contributed by atoms with Crippen molar-refractivity contribution >= 4 is 35.2 Å². The maximum atomic E-state index is 6.02. The Morgan fingerprint density at radius 1 is 1.30 bits per heavy atom. The zero-order valence-electron chi connectivity index (χ0n) is 12.2. The van der Waals surface area contributed by atoms with E-state index in [2.05, 4.69) is 35.8 Å². The fourth-order valence-electron chi connectivity index (χ4n) is 2.12. The topological polar surface area (TPSA) is 36.4 Å². The van der Waals surface area contributed by atoms with E-state index in [4.69, 9.17) is 11.6 Å². The molecule has 1 aromatic carbocycles. The van der Waals surface area contributed by atoms with E-state index in [1.165, 1.54) is 24.8 Å². The lowest BCUT2D eigenvalue weighted by Crippen LogP contribution is -2.38. The van der Waals surface area contributed by atoms with Crippen molar-refractivity contribution in [3.05, 3.63) is 23.2 Å². The van der Waals surface area contributed by atoms with E-state index < -0.39 is 0 Å². The number of guanidine groups is 1. The van der Waals surface area contributed by atoms with Gasteiger partial charge in [0.25, 0.3) is 0 Å². The van der Waals surface area contributed by atoms with Crippen LogP contribution in [0, 0.1) is 5.92 Å². The van der Waals surface area contributed by atoms with Crippen molar-refractivity contribution in [3.63, 3.8) is 0 Å². The molecule has 0 aliphatic carbocycles. The molecular weight excluding hydrogens is 290 g/mol. The predicted octanol–water partition coefficient (Wildman–Crippen LogP) is 4.93. The average molecular weight is 312 g/mol. The van der Waals surface area contributed by atoms with Gasteiger partial charge in [0.2, 0.25) is 5.96 Å². The first kappa shape index (κ1) is 15.5. The highest BCUT2D eigenvalue weighted by Crippen LogP contribution is 2.33. The summed E-state index contributed by atoms with van der Waals surface area (Å²) in [5, 5.41) is 7.47. The predicted molar refractivity (Wildman–Crippen MR) is 89.7 cm³/mol. The van der Waals surface area contributed by atoms with Gasteiger partial charge >= 0.3 is 0 Å². The molecule has 0 aromatic heterocycles. The lowest BCUT2D eigenvalue weighted by Gasteiger charge is -2.22. The van der Waals surface area contributed by atoms with E-state index in [-0.39, 0.29) is 0 Å². The van der Waals surface area contributed by atoms with Gasteiger partial charge in [-0.05, 0) is 37.5 Å². The third-order valence-electron chi connectivity index (χ3n) is 3.23. The van der Waals surface area contributed by atoms with Crippen molar-refractivity contribution in [1.82, 2.24) is 5.32 Å². The summed E-state index contributed by atoms with van der Waals surface area (Å²) in [6.07, 6.45) is 3.68. The molecule has 0 radical (unpaired) electrons. The molecule has 1 atom stereocenters. The number of nitrogens with zero attached hydrogens (tertiary/aromatic N) is 1. The molecule has 2 N–H and O–H groups in total. The number of hydrogen-bond donors (Lipinski definition) is 2. The largest absolute Gasteiger partial charge is 0.353 e. The number of benzene rings is 1. The highest BCUT2D eigenvalue weighted by Gasteiger charge is 2.14. The quantitative estimate of drug-likeness (QED) is 0.757. The maximum Gasteiger partial charge on any atom is 0.208 e. The fraction of sp³-hybridized carbons (Fsp3) is 0.533. The highest BCUT2D eigenvalue weighted by atomic mass is 35.5. The first-order valence-corrected chi connectivity index (χ1v) is 8.28. The van der Waals surface area contributed by atoms with Crippen LogP contribution in [0.25, 0.3) is 0 Å². The number of hydrogen-bond acceptors (Lipinski definition) is 4. The highest BCUT2D eigenvalue weighted by molar-refractivity contribution is 7.98. The normalized spacial score (nSPS) is 15.3. The molecule has 5 heteroatoms. The summed E-state index contributed by atoms with van der Waals surface area (Å²) in [7, 11) is 0. The summed E-state index contributed by atoms with van der Waals surface area (Å²) in [4.78, 5) is 1.10. The molecule has 1 aliphatic rings. The van der Waals surface area contributed by atoms with E-state index in [1.807, 2.05) is 18.2 Å². The van der Waals surface area contributed by atoms with Gasteiger partial charge in [-0.1, -0.05) is 38.3 Å². The molecule has 1 heterocycles. The summed E-state index contributed by atoms with van der Waals surface area (Å²) in [6.45, 7) is 6.73. The van der Waals surface area contributed by atoms with Gasteiger partial charge in [-0.25, -0.2) is 0 Å². The monoisotopic (exact) mass is 311 g/mol. The van der Waals surface area contributed by atoms with E-state index in [0.29, 0.717) is 6.04 Å². The van der Waals surface area contributed by atoms with Crippen molar-refractivity contribution in [1.29, 1.82) is 0 Å². The summed E-state index contributed by atoms with van der Waals surface area (Å²) < 4.78 is 4.45. The van der Waals surface area contributed by atoms with Gasteiger partial charge in [-0.2, -0.15) is 4.40 Å². The first-order valence-electron chi connectivity index (χ1n) is 7.12. The van der Waals surface area contributed by atoms with Gasteiger partial charge in [0.05, 0.1) is 10.6 Å². The Morgan fingerprint density at radius 3 is 2.85 bits per heavy atom. The lowest BCUT2D eigenvalue weighted by molar-refractivity contribution is 0.494. The van der Waals surface area contributed by atoms with Crippen LogP contribution in [0.5, 0.6) is 0 Å². The maximum absolute atomic E-state index is 6.02. The number of fused-ring (bicyclic) bond motifs is 1. The van der Waals surface area contributed by atoms with Crippen molar-refractivity contribution in [3.8, 4) is 0 Å². The van der Waals surface area contributed by atoms with Crippen molar-refractivity contribution in [2.24, 2.45) is 10.3 Å². The standard InChI is InChI=1S/C15H22ClN3S/c1-10(2)5-4-6-11(3)17-15-18-13-9-12(16)7-8-14(13)20-19-15/h7-11H,4-6H2,1-3H3,(H2,17,18,19). The minimum absolute atomic E-state index is 0.418. The molecule has 110 valence electrons. The Labute approximate surface area is 130 Å². The van der Waals surface area contributed by atoms with Gasteiger partial charge in [0.1, 0.15) is 0 Å². The van der Waals surface area contributed by atoms with Crippen LogP contribution in [0.1, 0.15) is 40.0 Å². The molecule has 0 fully saturated rings. The summed E-state index contributed by atoms with van der Waals surface area (Å²) in [5.74, 6) is 1.60. The molecule has 0 saturated carbocycles. The minimum atomic E-state index is 0.418. The molecule has 0 spiro atoms. The molecule has 1 aliphatic heterocycles. The van der Waals surface area contributed by atoms with Crippen LogP contribution in [0.15, 0.2) is 27.5 Å². The number of halogens is 1. The number of anilines is 1. The van der Waals surface area contributed by atoms with E-state index in [1.54, 1.807) is 0 Å². The van der Waals surface area contributed by atoms with Crippen LogP contribution in [0.2, 0.25) is 5.02 Å². The molecule has 3 nitrogen and oxygen atoms in total. The fourth-order valence-corrected chi connectivity index (χ4v) is 2.92. The zero-order valence-corrected chi connectivity index (χ0v) is 13.8. The van der Waals surface area contributed by atoms with Crippen LogP contribution >= 0.6 is 23.5 Å². The molecule has 1 aromatic rings. The Bertz CT molecular complexity index is 488. The minimum Gasteiger partial charge on any atom is -0.353 e. The second kappa shape index (κ2) is 7.23. The van der Waals surface area contributed by atoms with Gasteiger partial charge in [0, 0.05) is 23.0 Å². The van der Waals surface area contributed by atoms with Crippen molar-refractivity contribution in [2.45, 2.75) is 51.0 Å². The van der Waals surface area contributed by atoms with Gasteiger partial charge in [-0.3, -0.25) is 0 Å². The summed E-state index contributed by atoms with van der Waals surface area (Å²) >= 11 is 7.50. The molecule has 2 rings (SSSR count). The summed E-state index contributed by atoms with van der Waals surface area (Å²) in [6, 6.07) is 6.23. The smallest absolute Gasteiger partial charge is 0.208 e. The second-order valence-corrected chi connectivity index (χ2v) is 6.91. The number of rotatable bonds is 5. The lowest BCUT2D eigenvalue weighted by atomic mass is 10.0. The first-order chi connectivity index (χ1) is 9.54. The van der Waals surface area contributed by atoms with Crippen LogP contribution in [0.3, 0.4) is 0 Å². The molecule has 20 heavy (non-hydrogen) atoms. The van der Waals surface area contributed by atoms with Crippen LogP contribution in [0.4, 0.5) is 5.69 Å². The van der Waals surface area contributed by atoms with E-state index in [9.17, 15) is 0 Å². The Kier molecular flexibility index (Phi) is 5.61. The third-order valence-corrected chi connectivity index (χ3v) is 4.29. The van der Waals surface area contributed by atoms with Crippen molar-refractivity contribution in [2.75, 3.05) is 5.32 Å². The molecule has 0 bridgehead atoms. The molecule has 0 saturated heterocycles. The molecule has 0 amide bonds. The number of nitrogens with one attached hydrogen (secondary N) is 2.